The first-order valence-electron chi connectivity index (χ1n) is 25.0. The molecule has 0 aliphatic rings. The fourth-order valence-electron chi connectivity index (χ4n) is 6.64. The molecule has 0 aromatic rings. The number of hydrogen-bond donors (Lipinski definition) is 0. The van der Waals surface area contributed by atoms with E-state index in [0.29, 0.717) is 17.4 Å². The van der Waals surface area contributed by atoms with Crippen molar-refractivity contribution >= 4 is 19.8 Å². The van der Waals surface area contributed by atoms with Gasteiger partial charge in [-0.15, -0.1) is 0 Å². The quantitative estimate of drug-likeness (QED) is 0.0195. The summed E-state index contributed by atoms with van der Waals surface area (Å²) in [6, 6.07) is 0. The van der Waals surface area contributed by atoms with Crippen molar-refractivity contribution in [3.8, 4) is 0 Å². The number of esters is 2. The van der Waals surface area contributed by atoms with E-state index in [1.54, 1.807) is 0 Å². The van der Waals surface area contributed by atoms with Gasteiger partial charge in [0.15, 0.2) is 6.10 Å². The summed E-state index contributed by atoms with van der Waals surface area (Å²) in [4.78, 5) is 37.7. The summed E-state index contributed by atoms with van der Waals surface area (Å²) >= 11 is 0. The van der Waals surface area contributed by atoms with Crippen molar-refractivity contribution < 1.29 is 42.1 Å². The Morgan fingerprint density at radius 1 is 0.516 bits per heavy atom. The van der Waals surface area contributed by atoms with Crippen LogP contribution in [0, 0.1) is 0 Å². The molecular formula is C52H94NO8P. The van der Waals surface area contributed by atoms with Gasteiger partial charge < -0.3 is 27.9 Å². The first-order valence-corrected chi connectivity index (χ1v) is 26.5. The Kier molecular flexibility index (Phi) is 42.3. The lowest BCUT2D eigenvalue weighted by Gasteiger charge is -2.28. The molecule has 0 aromatic carbocycles. The van der Waals surface area contributed by atoms with E-state index in [0.717, 1.165) is 70.6 Å². The molecule has 10 heteroatoms. The van der Waals surface area contributed by atoms with Crippen LogP contribution >= 0.6 is 7.82 Å². The predicted octanol–water partition coefficient (Wildman–Crippen LogP) is 14.2. The van der Waals surface area contributed by atoms with E-state index in [-0.39, 0.29) is 26.1 Å². The maximum Gasteiger partial charge on any atom is 0.306 e. The number of ether oxygens (including phenoxy) is 2. The lowest BCUT2D eigenvalue weighted by atomic mass is 10.0. The normalized spacial score (nSPS) is 14.0. The topological polar surface area (TPSA) is 111 Å². The second kappa shape index (κ2) is 43.9. The molecule has 2 atom stereocenters. The molecule has 9 nitrogen and oxygen atoms in total. The highest BCUT2D eigenvalue weighted by atomic mass is 31.2. The zero-order chi connectivity index (χ0) is 45.7. The van der Waals surface area contributed by atoms with Crippen LogP contribution in [0.25, 0.3) is 0 Å². The van der Waals surface area contributed by atoms with E-state index in [4.69, 9.17) is 18.5 Å². The number of likely N-dealkylation sites (N-methyl/N-ethyl adjacent to an activating group) is 1. The van der Waals surface area contributed by atoms with Crippen LogP contribution < -0.4 is 4.89 Å². The van der Waals surface area contributed by atoms with Crippen LogP contribution in [0.2, 0.25) is 0 Å². The number of phosphoric ester groups is 1. The standard InChI is InChI=1S/C52H94NO8P/c1-6-8-10-12-14-16-18-20-22-24-25-26-27-29-30-32-34-36-38-40-42-44-51(54)58-48-50(49-60-62(56,57)59-47-46-53(3,4)5)61-52(55)45-43-41-39-37-35-33-31-28-23-21-19-17-15-13-11-9-7-2/h9,11,15,17,20-23,31,33,50H,6-8,10,12-14,16,18-19,24-30,32,34-49H2,1-5H3/b11-9-,17-15-,22-20-,23-21-,33-31-/t50-/m1/s1. The number of quaternary nitrogens is 1. The number of carbonyl (C=O) groups excluding carboxylic acids is 2. The number of phosphoric acid groups is 1. The SMILES string of the molecule is CC/C=C\C/C=C\C/C=C\C/C=C\CCCCCCC(=O)O[C@H](COC(=O)CCCCCCCCCCCCC/C=C\CCCCCCCC)COP(=O)([O-])OCC[N+](C)(C)C. The summed E-state index contributed by atoms with van der Waals surface area (Å²) in [5.41, 5.74) is 0. The van der Waals surface area contributed by atoms with Gasteiger partial charge in [0, 0.05) is 12.8 Å². The summed E-state index contributed by atoms with van der Waals surface area (Å²) in [6.07, 6.45) is 53.9. The molecule has 0 amide bonds. The van der Waals surface area contributed by atoms with Crippen molar-refractivity contribution in [1.82, 2.24) is 0 Å². The molecule has 0 radical (unpaired) electrons. The Morgan fingerprint density at radius 2 is 0.919 bits per heavy atom. The predicted molar refractivity (Wildman–Crippen MR) is 259 cm³/mol. The van der Waals surface area contributed by atoms with Crippen molar-refractivity contribution in [2.24, 2.45) is 0 Å². The van der Waals surface area contributed by atoms with Crippen LogP contribution in [-0.2, 0) is 32.7 Å². The van der Waals surface area contributed by atoms with Crippen LogP contribution in [0.4, 0.5) is 0 Å². The van der Waals surface area contributed by atoms with Gasteiger partial charge in [-0.2, -0.15) is 0 Å². The Balaban J connectivity index is 4.29. The minimum atomic E-state index is -4.64. The van der Waals surface area contributed by atoms with Crippen molar-refractivity contribution in [3.05, 3.63) is 60.8 Å². The minimum Gasteiger partial charge on any atom is -0.756 e. The van der Waals surface area contributed by atoms with Crippen LogP contribution in [-0.4, -0.2) is 70.0 Å². The van der Waals surface area contributed by atoms with E-state index in [1.807, 2.05) is 21.1 Å². The van der Waals surface area contributed by atoms with E-state index >= 15 is 0 Å². The van der Waals surface area contributed by atoms with Crippen LogP contribution in [0.3, 0.4) is 0 Å². The minimum absolute atomic E-state index is 0.0380. The maximum absolute atomic E-state index is 12.7. The third-order valence-corrected chi connectivity index (χ3v) is 11.5. The second-order valence-corrected chi connectivity index (χ2v) is 19.2. The van der Waals surface area contributed by atoms with Gasteiger partial charge in [0.05, 0.1) is 27.7 Å². The largest absolute Gasteiger partial charge is 0.756 e. The van der Waals surface area contributed by atoms with Crippen LogP contribution in [0.15, 0.2) is 60.8 Å². The lowest BCUT2D eigenvalue weighted by molar-refractivity contribution is -0.870. The first-order chi connectivity index (χ1) is 30.0. The fraction of sp³-hybridized carbons (Fsp3) is 0.769. The smallest absolute Gasteiger partial charge is 0.306 e. The van der Waals surface area contributed by atoms with Gasteiger partial charge in [0.2, 0.25) is 0 Å². The second-order valence-electron chi connectivity index (χ2n) is 17.8. The molecule has 0 spiro atoms. The summed E-state index contributed by atoms with van der Waals surface area (Å²) in [5.74, 6) is -0.862. The highest BCUT2D eigenvalue weighted by Gasteiger charge is 2.21. The van der Waals surface area contributed by atoms with Gasteiger partial charge in [0.25, 0.3) is 7.82 Å². The molecule has 0 saturated carbocycles. The van der Waals surface area contributed by atoms with Gasteiger partial charge in [-0.25, -0.2) is 0 Å². The van der Waals surface area contributed by atoms with E-state index in [1.165, 1.54) is 103 Å². The highest BCUT2D eigenvalue weighted by Crippen LogP contribution is 2.38. The van der Waals surface area contributed by atoms with E-state index < -0.39 is 32.5 Å². The molecule has 0 heterocycles. The first kappa shape index (κ1) is 59.7. The third-order valence-electron chi connectivity index (χ3n) is 10.5. The molecule has 0 aliphatic carbocycles. The number of unbranched alkanes of at least 4 members (excludes halogenated alkanes) is 21. The van der Waals surface area contributed by atoms with Gasteiger partial charge in [-0.05, 0) is 77.0 Å². The highest BCUT2D eigenvalue weighted by molar-refractivity contribution is 7.45. The summed E-state index contributed by atoms with van der Waals surface area (Å²) in [5, 5.41) is 0. The number of allylic oxidation sites excluding steroid dienone is 10. The van der Waals surface area contributed by atoms with Crippen molar-refractivity contribution in [2.45, 2.75) is 213 Å². The van der Waals surface area contributed by atoms with Crippen LogP contribution in [0.5, 0.6) is 0 Å². The van der Waals surface area contributed by atoms with Gasteiger partial charge >= 0.3 is 11.9 Å². The zero-order valence-electron chi connectivity index (χ0n) is 40.6. The number of nitrogens with zero attached hydrogens (tertiary/aromatic N) is 1. The Hall–Kier alpha value is -2.29. The van der Waals surface area contributed by atoms with Gasteiger partial charge in [-0.3, -0.25) is 14.2 Å². The Labute approximate surface area is 381 Å². The molecule has 0 rings (SSSR count). The van der Waals surface area contributed by atoms with Gasteiger partial charge in [0.1, 0.15) is 19.8 Å². The van der Waals surface area contributed by atoms with E-state index in [9.17, 15) is 19.0 Å². The third kappa shape index (κ3) is 47.2. The number of hydrogen-bond acceptors (Lipinski definition) is 8. The van der Waals surface area contributed by atoms with Crippen molar-refractivity contribution in [3.63, 3.8) is 0 Å². The molecule has 0 N–H and O–H groups in total. The molecule has 0 saturated heterocycles. The molecule has 0 bridgehead atoms. The summed E-state index contributed by atoms with van der Waals surface area (Å²) < 4.78 is 34.0. The zero-order valence-corrected chi connectivity index (χ0v) is 41.4. The molecule has 62 heavy (non-hydrogen) atoms. The molecule has 0 aromatic heterocycles. The van der Waals surface area contributed by atoms with Crippen molar-refractivity contribution in [1.29, 1.82) is 0 Å². The molecule has 1 unspecified atom stereocenters. The fourth-order valence-corrected chi connectivity index (χ4v) is 7.37. The maximum atomic E-state index is 12.7. The Bertz CT molecular complexity index is 1240. The number of carbonyl (C=O) groups is 2. The molecule has 360 valence electrons. The summed E-state index contributed by atoms with van der Waals surface area (Å²) in [6.45, 7) is 4.09. The monoisotopic (exact) mass is 892 g/mol. The van der Waals surface area contributed by atoms with Crippen molar-refractivity contribution in [2.75, 3.05) is 47.5 Å². The average molecular weight is 892 g/mol. The average Bonchev–Trinajstić information content (AvgIpc) is 3.23. The molecule has 0 fully saturated rings. The lowest BCUT2D eigenvalue weighted by Crippen LogP contribution is -2.37. The Morgan fingerprint density at radius 3 is 1.39 bits per heavy atom. The number of rotatable bonds is 45. The van der Waals surface area contributed by atoms with Crippen LogP contribution in [0.1, 0.15) is 206 Å². The van der Waals surface area contributed by atoms with Gasteiger partial charge in [-0.1, -0.05) is 177 Å². The molecule has 0 aliphatic heterocycles. The molecular weight excluding hydrogens is 798 g/mol. The van der Waals surface area contributed by atoms with E-state index in [2.05, 4.69) is 74.6 Å². The summed E-state index contributed by atoms with van der Waals surface area (Å²) in [7, 11) is 1.14.